The van der Waals surface area contributed by atoms with E-state index in [4.69, 9.17) is 14.2 Å². The molecule has 4 rings (SSSR count). The third kappa shape index (κ3) is 3.99. The van der Waals surface area contributed by atoms with Crippen LogP contribution in [0, 0.1) is 0 Å². The van der Waals surface area contributed by atoms with Crippen molar-refractivity contribution < 1.29 is 19.3 Å². The lowest BCUT2D eigenvalue weighted by Gasteiger charge is -2.35. The Labute approximate surface area is 182 Å². The Balaban J connectivity index is 1.64. The van der Waals surface area contributed by atoms with Gasteiger partial charge in [0.25, 0.3) is 0 Å². The van der Waals surface area contributed by atoms with Gasteiger partial charge in [-0.05, 0) is 34.9 Å². The quantitative estimate of drug-likeness (QED) is 0.425. The second kappa shape index (κ2) is 8.83. The molecule has 1 aliphatic carbocycles. The minimum atomic E-state index is -0.691. The summed E-state index contributed by atoms with van der Waals surface area (Å²) in [5, 5.41) is 12.3. The van der Waals surface area contributed by atoms with Crippen molar-refractivity contribution in [3.8, 4) is 5.75 Å². The molecule has 0 saturated heterocycles. The standard InChI is InChI=1S/C25H30N2O4/c1-25(2)20-14-17(31-12-11-30-10-9-29-4)6-8-18(20)23(28)22-19-7-5-16(15-26-3)13-21(19)27-24(22)25/h5-8,13-15,23,27-28H,9-12H2,1-4H3. The zero-order valence-electron chi connectivity index (χ0n) is 18.6. The number of rotatable bonds is 8. The molecule has 2 aromatic carbocycles. The molecule has 1 atom stereocenters. The summed E-state index contributed by atoms with van der Waals surface area (Å²) in [6.45, 7) is 6.45. The van der Waals surface area contributed by atoms with Crippen LogP contribution in [0.25, 0.3) is 10.9 Å². The van der Waals surface area contributed by atoms with E-state index < -0.39 is 6.10 Å². The van der Waals surface area contributed by atoms with Crippen LogP contribution in [0.2, 0.25) is 0 Å². The van der Waals surface area contributed by atoms with Crippen LogP contribution >= 0.6 is 0 Å². The second-order valence-electron chi connectivity index (χ2n) is 8.34. The van der Waals surface area contributed by atoms with Crippen molar-refractivity contribution >= 4 is 17.1 Å². The van der Waals surface area contributed by atoms with E-state index >= 15 is 0 Å². The fraction of sp³-hybridized carbons (Fsp3) is 0.400. The number of aliphatic hydroxyl groups is 1. The SMILES string of the molecule is CN=Cc1ccc2c3c([nH]c2c1)C(C)(C)c1cc(OCCOCCOC)ccc1C3O. The average Bonchev–Trinajstić information content (AvgIpc) is 3.15. The minimum absolute atomic E-state index is 0.309. The summed E-state index contributed by atoms with van der Waals surface area (Å²) < 4.78 is 16.3. The lowest BCUT2D eigenvalue weighted by atomic mass is 9.70. The van der Waals surface area contributed by atoms with Gasteiger partial charge in [-0.1, -0.05) is 32.0 Å². The lowest BCUT2D eigenvalue weighted by Crippen LogP contribution is -2.29. The van der Waals surface area contributed by atoms with Crippen LogP contribution in [0.1, 0.15) is 47.9 Å². The van der Waals surface area contributed by atoms with Crippen LogP contribution in [0.3, 0.4) is 0 Å². The molecule has 6 nitrogen and oxygen atoms in total. The second-order valence-corrected chi connectivity index (χ2v) is 8.34. The molecule has 1 aromatic heterocycles. The summed E-state index contributed by atoms with van der Waals surface area (Å²) in [4.78, 5) is 7.68. The molecule has 0 fully saturated rings. The van der Waals surface area contributed by atoms with Gasteiger partial charge in [-0.3, -0.25) is 4.99 Å². The van der Waals surface area contributed by atoms with Crippen molar-refractivity contribution in [2.45, 2.75) is 25.4 Å². The first kappa shape index (κ1) is 21.6. The fourth-order valence-corrected chi connectivity index (χ4v) is 4.40. The van der Waals surface area contributed by atoms with Crippen molar-refractivity contribution in [3.63, 3.8) is 0 Å². The summed E-state index contributed by atoms with van der Waals surface area (Å²) in [6.07, 6.45) is 1.14. The highest BCUT2D eigenvalue weighted by molar-refractivity contribution is 5.92. The molecule has 0 aliphatic heterocycles. The van der Waals surface area contributed by atoms with Gasteiger partial charge in [-0.25, -0.2) is 0 Å². The van der Waals surface area contributed by atoms with E-state index in [9.17, 15) is 5.11 Å². The molecule has 1 aliphatic rings. The molecule has 0 bridgehead atoms. The number of fused-ring (bicyclic) bond motifs is 4. The molecule has 1 heterocycles. The minimum Gasteiger partial charge on any atom is -0.491 e. The van der Waals surface area contributed by atoms with Crippen molar-refractivity contribution in [1.29, 1.82) is 0 Å². The number of benzene rings is 2. The van der Waals surface area contributed by atoms with Crippen LogP contribution in [-0.4, -0.2) is 56.9 Å². The Morgan fingerprint density at radius 3 is 2.68 bits per heavy atom. The highest BCUT2D eigenvalue weighted by Gasteiger charge is 2.39. The van der Waals surface area contributed by atoms with Crippen LogP contribution in [0.4, 0.5) is 0 Å². The molecular formula is C25H30N2O4. The average molecular weight is 423 g/mol. The van der Waals surface area contributed by atoms with Crippen molar-refractivity contribution in [3.05, 3.63) is 64.3 Å². The molecule has 31 heavy (non-hydrogen) atoms. The first-order valence-electron chi connectivity index (χ1n) is 10.6. The van der Waals surface area contributed by atoms with E-state index in [2.05, 4.69) is 36.0 Å². The summed E-state index contributed by atoms with van der Waals surface area (Å²) in [7, 11) is 3.42. The zero-order valence-corrected chi connectivity index (χ0v) is 18.6. The monoisotopic (exact) mass is 422 g/mol. The maximum absolute atomic E-state index is 11.3. The van der Waals surface area contributed by atoms with E-state index in [-0.39, 0.29) is 5.41 Å². The largest absolute Gasteiger partial charge is 0.491 e. The molecule has 164 valence electrons. The number of aromatic amines is 1. The number of ether oxygens (including phenoxy) is 3. The predicted molar refractivity (Wildman–Crippen MR) is 123 cm³/mol. The van der Waals surface area contributed by atoms with Gasteiger partial charge in [0, 0.05) is 47.9 Å². The van der Waals surface area contributed by atoms with Gasteiger partial charge in [0.15, 0.2) is 0 Å². The van der Waals surface area contributed by atoms with Gasteiger partial charge in [0.2, 0.25) is 0 Å². The van der Waals surface area contributed by atoms with Gasteiger partial charge in [-0.2, -0.15) is 0 Å². The molecule has 0 saturated carbocycles. The first-order chi connectivity index (χ1) is 15.0. The summed E-state index contributed by atoms with van der Waals surface area (Å²) in [5.41, 5.74) is 5.69. The van der Waals surface area contributed by atoms with E-state index in [1.54, 1.807) is 14.2 Å². The lowest BCUT2D eigenvalue weighted by molar-refractivity contribution is 0.0544. The maximum Gasteiger partial charge on any atom is 0.119 e. The van der Waals surface area contributed by atoms with Gasteiger partial charge in [0.05, 0.1) is 19.8 Å². The Hall–Kier alpha value is -2.67. The van der Waals surface area contributed by atoms with Crippen LogP contribution in [0.5, 0.6) is 5.75 Å². The number of aromatic nitrogens is 1. The maximum atomic E-state index is 11.3. The van der Waals surface area contributed by atoms with Gasteiger partial charge < -0.3 is 24.3 Å². The highest BCUT2D eigenvalue weighted by Crippen LogP contribution is 2.48. The van der Waals surface area contributed by atoms with Crippen molar-refractivity contribution in [2.24, 2.45) is 4.99 Å². The van der Waals surface area contributed by atoms with Gasteiger partial charge >= 0.3 is 0 Å². The molecule has 0 amide bonds. The smallest absolute Gasteiger partial charge is 0.119 e. The Morgan fingerprint density at radius 2 is 1.90 bits per heavy atom. The van der Waals surface area contributed by atoms with E-state index in [0.29, 0.717) is 26.4 Å². The van der Waals surface area contributed by atoms with Gasteiger partial charge in [-0.15, -0.1) is 0 Å². The molecular weight excluding hydrogens is 392 g/mol. The normalized spacial score (nSPS) is 17.1. The van der Waals surface area contributed by atoms with Crippen LogP contribution in [0.15, 0.2) is 41.4 Å². The molecule has 0 radical (unpaired) electrons. The third-order valence-corrected chi connectivity index (χ3v) is 5.96. The number of aliphatic imine (C=N–C) groups is 1. The number of H-pyrrole nitrogens is 1. The van der Waals surface area contributed by atoms with Crippen molar-refractivity contribution in [2.75, 3.05) is 40.6 Å². The number of nitrogens with one attached hydrogen (secondary N) is 1. The Kier molecular flexibility index (Phi) is 6.14. The molecule has 0 spiro atoms. The number of aliphatic hydroxyl groups excluding tert-OH is 1. The number of hydrogen-bond donors (Lipinski definition) is 2. The van der Waals surface area contributed by atoms with Crippen molar-refractivity contribution in [1.82, 2.24) is 4.98 Å². The topological polar surface area (TPSA) is 76.1 Å². The number of methoxy groups -OCH3 is 1. The van der Waals surface area contributed by atoms with Gasteiger partial charge in [0.1, 0.15) is 18.5 Å². The van der Waals surface area contributed by atoms with E-state index in [0.717, 1.165) is 44.6 Å². The zero-order chi connectivity index (χ0) is 22.0. The van der Waals surface area contributed by atoms with E-state index in [1.165, 1.54) is 0 Å². The summed E-state index contributed by atoms with van der Waals surface area (Å²) in [5.74, 6) is 0.773. The summed E-state index contributed by atoms with van der Waals surface area (Å²) in [6, 6.07) is 12.1. The molecule has 1 unspecified atom stereocenters. The number of nitrogens with zero attached hydrogens (tertiary/aromatic N) is 1. The molecule has 2 N–H and O–H groups in total. The first-order valence-corrected chi connectivity index (χ1v) is 10.6. The highest BCUT2D eigenvalue weighted by atomic mass is 16.5. The van der Waals surface area contributed by atoms with Crippen LogP contribution < -0.4 is 4.74 Å². The molecule has 3 aromatic rings. The van der Waals surface area contributed by atoms with E-state index in [1.807, 2.05) is 30.5 Å². The number of hydrogen-bond acceptors (Lipinski definition) is 5. The fourth-order valence-electron chi connectivity index (χ4n) is 4.40. The van der Waals surface area contributed by atoms with Crippen LogP contribution in [-0.2, 0) is 14.9 Å². The Morgan fingerprint density at radius 1 is 1.10 bits per heavy atom. The predicted octanol–water partition coefficient (Wildman–Crippen LogP) is 3.98. The molecule has 6 heteroatoms. The third-order valence-electron chi connectivity index (χ3n) is 5.96. The Bertz CT molecular complexity index is 1100. The summed E-state index contributed by atoms with van der Waals surface area (Å²) >= 11 is 0.